The van der Waals surface area contributed by atoms with E-state index in [9.17, 15) is 39.0 Å². The second kappa shape index (κ2) is 9.34. The predicted octanol–water partition coefficient (Wildman–Crippen LogP) is 4.97. The molecule has 6 rings (SSSR count). The fourth-order valence-electron chi connectivity index (χ4n) is 5.36. The van der Waals surface area contributed by atoms with Crippen molar-refractivity contribution in [2.75, 3.05) is 9.80 Å². The molecule has 10 nitrogen and oxygen atoms in total. The Hall–Kier alpha value is -5.90. The van der Waals surface area contributed by atoms with Gasteiger partial charge < -0.3 is 10.2 Å². The first-order valence-electron chi connectivity index (χ1n) is 12.7. The number of imide groups is 2. The van der Waals surface area contributed by atoms with Crippen molar-refractivity contribution in [3.8, 4) is 11.1 Å². The Kier molecular flexibility index (Phi) is 5.86. The lowest BCUT2D eigenvalue weighted by Crippen LogP contribution is -2.30. The number of aromatic carboxylic acids is 2. The van der Waals surface area contributed by atoms with Gasteiger partial charge in [-0.2, -0.15) is 0 Å². The smallest absolute Gasteiger partial charge is 0.335 e. The summed E-state index contributed by atoms with van der Waals surface area (Å²) < 4.78 is 0. The summed E-state index contributed by atoms with van der Waals surface area (Å²) in [7, 11) is 0. The highest BCUT2D eigenvalue weighted by atomic mass is 16.4. The molecule has 2 heterocycles. The van der Waals surface area contributed by atoms with Gasteiger partial charge in [0.15, 0.2) is 0 Å². The van der Waals surface area contributed by atoms with Crippen LogP contribution in [0.25, 0.3) is 11.1 Å². The summed E-state index contributed by atoms with van der Waals surface area (Å²) in [6.07, 6.45) is 0. The molecule has 42 heavy (non-hydrogen) atoms. The van der Waals surface area contributed by atoms with Gasteiger partial charge in [-0.05, 0) is 96.8 Å². The first kappa shape index (κ1) is 26.3. The molecule has 0 aliphatic carbocycles. The van der Waals surface area contributed by atoms with Gasteiger partial charge in [0.25, 0.3) is 23.6 Å². The number of benzene rings is 4. The standard InChI is InChI=1S/C32H20N2O8/c1-15-11-17(5-9-25(15)33-27(35)21-7-3-19(31(39)40)13-23(21)29(33)37)18-6-10-26(16(2)12-18)34-28(36)22-8-4-20(32(41)42)14-24(22)30(34)38/h3-14H,1-2H3,(H,39,40)(H,41,42). The van der Waals surface area contributed by atoms with E-state index in [0.717, 1.165) is 20.9 Å². The number of hydrogen-bond acceptors (Lipinski definition) is 6. The van der Waals surface area contributed by atoms with Gasteiger partial charge in [0.05, 0.1) is 44.8 Å². The molecule has 0 fully saturated rings. The number of aryl methyl sites for hydroxylation is 2. The van der Waals surface area contributed by atoms with E-state index >= 15 is 0 Å². The van der Waals surface area contributed by atoms with Crippen LogP contribution in [0.4, 0.5) is 11.4 Å². The minimum atomic E-state index is -1.20. The number of amides is 4. The van der Waals surface area contributed by atoms with Crippen LogP contribution >= 0.6 is 0 Å². The Labute approximate surface area is 238 Å². The molecule has 2 aliphatic heterocycles. The monoisotopic (exact) mass is 560 g/mol. The van der Waals surface area contributed by atoms with Crippen molar-refractivity contribution in [1.29, 1.82) is 0 Å². The molecule has 0 saturated carbocycles. The third-order valence-electron chi connectivity index (χ3n) is 7.48. The van der Waals surface area contributed by atoms with Gasteiger partial charge in [-0.1, -0.05) is 12.1 Å². The fourth-order valence-corrected chi connectivity index (χ4v) is 5.36. The third-order valence-corrected chi connectivity index (χ3v) is 7.48. The van der Waals surface area contributed by atoms with Crippen molar-refractivity contribution in [3.63, 3.8) is 0 Å². The first-order chi connectivity index (χ1) is 20.0. The van der Waals surface area contributed by atoms with Crippen molar-refractivity contribution < 1.29 is 39.0 Å². The van der Waals surface area contributed by atoms with Crippen LogP contribution in [0.5, 0.6) is 0 Å². The zero-order valence-electron chi connectivity index (χ0n) is 22.2. The number of anilines is 2. The fraction of sp³-hybridized carbons (Fsp3) is 0.0625. The lowest BCUT2D eigenvalue weighted by Gasteiger charge is -2.19. The van der Waals surface area contributed by atoms with E-state index < -0.39 is 35.6 Å². The number of hydrogen-bond donors (Lipinski definition) is 2. The second-order valence-corrected chi connectivity index (χ2v) is 10.0. The van der Waals surface area contributed by atoms with E-state index in [0.29, 0.717) is 22.5 Å². The van der Waals surface area contributed by atoms with E-state index in [2.05, 4.69) is 0 Å². The van der Waals surface area contributed by atoms with Gasteiger partial charge in [0.1, 0.15) is 0 Å². The van der Waals surface area contributed by atoms with Crippen LogP contribution in [0.3, 0.4) is 0 Å². The molecule has 0 unspecified atom stereocenters. The Balaban J connectivity index is 1.29. The highest BCUT2D eigenvalue weighted by Gasteiger charge is 2.39. The molecule has 2 N–H and O–H groups in total. The summed E-state index contributed by atoms with van der Waals surface area (Å²) in [4.78, 5) is 77.1. The second-order valence-electron chi connectivity index (χ2n) is 10.0. The van der Waals surface area contributed by atoms with Crippen molar-refractivity contribution in [2.24, 2.45) is 0 Å². The molecule has 2 aliphatic rings. The van der Waals surface area contributed by atoms with Crippen molar-refractivity contribution >= 4 is 46.9 Å². The quantitative estimate of drug-likeness (QED) is 0.325. The van der Waals surface area contributed by atoms with Crippen LogP contribution in [0.15, 0.2) is 72.8 Å². The van der Waals surface area contributed by atoms with Gasteiger partial charge in [-0.15, -0.1) is 0 Å². The van der Waals surface area contributed by atoms with Crippen LogP contribution in [0.1, 0.15) is 73.3 Å². The molecular formula is C32H20N2O8. The van der Waals surface area contributed by atoms with Crippen LogP contribution in [-0.4, -0.2) is 45.8 Å². The minimum Gasteiger partial charge on any atom is -0.478 e. The Morgan fingerprint density at radius 2 is 0.857 bits per heavy atom. The molecular weight excluding hydrogens is 540 g/mol. The van der Waals surface area contributed by atoms with E-state index in [1.54, 1.807) is 50.2 Å². The van der Waals surface area contributed by atoms with Crippen LogP contribution < -0.4 is 9.80 Å². The maximum absolute atomic E-state index is 13.1. The number of nitrogens with zero attached hydrogens (tertiary/aromatic N) is 2. The molecule has 4 aromatic rings. The number of carboxylic acid groups (broad SMARTS) is 2. The topological polar surface area (TPSA) is 149 Å². The maximum Gasteiger partial charge on any atom is 0.335 e. The summed E-state index contributed by atoms with van der Waals surface area (Å²) in [5.41, 5.74) is 3.62. The number of rotatable bonds is 5. The van der Waals surface area contributed by atoms with E-state index in [-0.39, 0.29) is 33.4 Å². The summed E-state index contributed by atoms with van der Waals surface area (Å²) in [5, 5.41) is 18.5. The van der Waals surface area contributed by atoms with Gasteiger partial charge in [-0.25, -0.2) is 19.4 Å². The SMILES string of the molecule is Cc1cc(-c2ccc(N3C(=O)c4ccc(C(=O)O)cc4C3=O)c(C)c2)ccc1N1C(=O)c2ccc(C(=O)O)cc2C1=O. The van der Waals surface area contributed by atoms with E-state index in [1.807, 2.05) is 0 Å². The third kappa shape index (κ3) is 3.88. The minimum absolute atomic E-state index is 0.0296. The molecule has 0 bridgehead atoms. The van der Waals surface area contributed by atoms with Gasteiger partial charge in [0, 0.05) is 0 Å². The maximum atomic E-state index is 13.1. The molecule has 0 atom stereocenters. The van der Waals surface area contributed by atoms with Crippen molar-refractivity contribution in [3.05, 3.63) is 117 Å². The molecule has 4 aromatic carbocycles. The Morgan fingerprint density at radius 3 is 1.19 bits per heavy atom. The lowest BCUT2D eigenvalue weighted by atomic mass is 9.99. The normalized spacial score (nSPS) is 14.0. The Morgan fingerprint density at radius 1 is 0.500 bits per heavy atom. The first-order valence-corrected chi connectivity index (χ1v) is 12.7. The highest BCUT2D eigenvalue weighted by Crippen LogP contribution is 2.36. The van der Waals surface area contributed by atoms with Gasteiger partial charge in [0.2, 0.25) is 0 Å². The average molecular weight is 561 g/mol. The summed E-state index contributed by atoms with van der Waals surface area (Å²) in [6, 6.07) is 18.0. The lowest BCUT2D eigenvalue weighted by molar-refractivity contribution is 0.0686. The largest absolute Gasteiger partial charge is 0.478 e. The van der Waals surface area contributed by atoms with Crippen molar-refractivity contribution in [1.82, 2.24) is 0 Å². The number of fused-ring (bicyclic) bond motifs is 2. The molecule has 0 aromatic heterocycles. The number of carboxylic acids is 2. The molecule has 10 heteroatoms. The molecule has 4 amide bonds. The van der Waals surface area contributed by atoms with Crippen LogP contribution in [0.2, 0.25) is 0 Å². The molecule has 206 valence electrons. The van der Waals surface area contributed by atoms with Gasteiger partial charge in [-0.3, -0.25) is 19.2 Å². The Bertz CT molecular complexity index is 1820. The number of carbonyl (C=O) groups excluding carboxylic acids is 4. The zero-order valence-corrected chi connectivity index (χ0v) is 22.2. The zero-order chi connectivity index (χ0) is 30.0. The van der Waals surface area contributed by atoms with Crippen molar-refractivity contribution in [2.45, 2.75) is 13.8 Å². The van der Waals surface area contributed by atoms with Crippen LogP contribution in [0, 0.1) is 13.8 Å². The summed E-state index contributed by atoms with van der Waals surface area (Å²) >= 11 is 0. The molecule has 0 saturated heterocycles. The molecule has 0 spiro atoms. The van der Waals surface area contributed by atoms with Gasteiger partial charge >= 0.3 is 11.9 Å². The van der Waals surface area contributed by atoms with E-state index in [1.165, 1.54) is 36.4 Å². The highest BCUT2D eigenvalue weighted by molar-refractivity contribution is 6.35. The summed E-state index contributed by atoms with van der Waals surface area (Å²) in [6.45, 7) is 3.49. The molecule has 0 radical (unpaired) electrons. The van der Waals surface area contributed by atoms with Crippen LogP contribution in [-0.2, 0) is 0 Å². The summed E-state index contributed by atoms with van der Waals surface area (Å²) in [5.74, 6) is -4.70. The predicted molar refractivity (Wildman–Crippen MR) is 150 cm³/mol. The number of carbonyl (C=O) groups is 6. The van der Waals surface area contributed by atoms with E-state index in [4.69, 9.17) is 0 Å². The average Bonchev–Trinajstić information content (AvgIpc) is 3.36.